The van der Waals surface area contributed by atoms with E-state index in [0.717, 1.165) is 10.0 Å². The fraction of sp³-hybridized carbons (Fsp3) is 0.176. The summed E-state index contributed by atoms with van der Waals surface area (Å²) < 4.78 is 37.6. The Kier molecular flexibility index (Phi) is 6.19. The third kappa shape index (κ3) is 5.90. The van der Waals surface area contributed by atoms with Crippen molar-refractivity contribution in [2.75, 3.05) is 5.32 Å². The highest BCUT2D eigenvalue weighted by atomic mass is 79.9. The molecule has 0 aliphatic rings. The van der Waals surface area contributed by atoms with Gasteiger partial charge in [-0.05, 0) is 29.3 Å². The Hall–Kier alpha value is -2.35. The molecule has 0 spiro atoms. The first kappa shape index (κ1) is 19.0. The van der Waals surface area contributed by atoms with Crippen molar-refractivity contribution < 1.29 is 22.8 Å². The number of anilines is 1. The maximum atomic E-state index is 12.3. The predicted molar refractivity (Wildman–Crippen MR) is 90.8 cm³/mol. The molecule has 2 aromatic rings. The van der Waals surface area contributed by atoms with Crippen LogP contribution in [0.3, 0.4) is 0 Å². The van der Waals surface area contributed by atoms with Gasteiger partial charge >= 0.3 is 12.1 Å². The number of rotatable bonds is 5. The Labute approximate surface area is 150 Å². The molecule has 0 bridgehead atoms. The van der Waals surface area contributed by atoms with Crippen molar-refractivity contribution in [3.05, 3.63) is 64.1 Å². The lowest BCUT2D eigenvalue weighted by molar-refractivity contribution is -0.167. The van der Waals surface area contributed by atoms with Gasteiger partial charge in [-0.15, -0.1) is 0 Å². The van der Waals surface area contributed by atoms with Crippen LogP contribution in [-0.4, -0.2) is 18.0 Å². The number of nitrogens with one attached hydrogen (secondary N) is 2. The number of benzene rings is 2. The fourth-order valence-corrected chi connectivity index (χ4v) is 2.46. The van der Waals surface area contributed by atoms with Gasteiger partial charge in [0.2, 0.25) is 5.91 Å². The Balaban J connectivity index is 1.93. The summed E-state index contributed by atoms with van der Waals surface area (Å²) >= 11 is 3.36. The van der Waals surface area contributed by atoms with Gasteiger partial charge in [0.15, 0.2) is 0 Å². The third-order valence-electron chi connectivity index (χ3n) is 3.24. The van der Waals surface area contributed by atoms with Crippen molar-refractivity contribution in [3.8, 4) is 0 Å². The zero-order chi connectivity index (χ0) is 18.4. The summed E-state index contributed by atoms with van der Waals surface area (Å²) in [6.07, 6.45) is -4.78. The number of hydrogen-bond donors (Lipinski definition) is 2. The Morgan fingerprint density at radius 1 is 1.04 bits per heavy atom. The summed E-state index contributed by atoms with van der Waals surface area (Å²) in [5.74, 6) is -2.26. The van der Waals surface area contributed by atoms with E-state index >= 15 is 0 Å². The molecule has 0 heterocycles. The van der Waals surface area contributed by atoms with Crippen molar-refractivity contribution in [3.63, 3.8) is 0 Å². The van der Waals surface area contributed by atoms with E-state index in [4.69, 9.17) is 0 Å². The van der Waals surface area contributed by atoms with Crippen LogP contribution in [0.25, 0.3) is 0 Å². The standard InChI is InChI=1S/C17H14BrF3N2O2/c18-14-7-2-1-5-12(14)9-15(24)22-10-11-4-3-6-13(8-11)23-16(25)17(19,20)21/h1-8H,9-10H2,(H,22,24)(H,23,25). The van der Waals surface area contributed by atoms with Crippen LogP contribution in [0.1, 0.15) is 11.1 Å². The molecular formula is C17H14BrF3N2O2. The molecule has 2 rings (SSSR count). The first-order valence-corrected chi connectivity index (χ1v) is 8.02. The molecule has 25 heavy (non-hydrogen) atoms. The van der Waals surface area contributed by atoms with E-state index in [9.17, 15) is 22.8 Å². The van der Waals surface area contributed by atoms with Crippen LogP contribution in [-0.2, 0) is 22.6 Å². The maximum Gasteiger partial charge on any atom is 0.471 e. The minimum atomic E-state index is -4.95. The van der Waals surface area contributed by atoms with E-state index in [0.29, 0.717) is 5.56 Å². The Morgan fingerprint density at radius 3 is 2.44 bits per heavy atom. The summed E-state index contributed by atoms with van der Waals surface area (Å²) in [7, 11) is 0. The highest BCUT2D eigenvalue weighted by molar-refractivity contribution is 9.10. The number of amides is 2. The molecule has 0 atom stereocenters. The first-order valence-electron chi connectivity index (χ1n) is 7.23. The van der Waals surface area contributed by atoms with Gasteiger partial charge in [0.1, 0.15) is 0 Å². The van der Waals surface area contributed by atoms with Gasteiger partial charge in [0, 0.05) is 16.7 Å². The van der Waals surface area contributed by atoms with Crippen LogP contribution in [0.5, 0.6) is 0 Å². The average Bonchev–Trinajstić information content (AvgIpc) is 2.55. The number of halogens is 4. The van der Waals surface area contributed by atoms with E-state index in [-0.39, 0.29) is 24.6 Å². The summed E-state index contributed by atoms with van der Waals surface area (Å²) in [6.45, 7) is 0.138. The minimum absolute atomic E-state index is 0.0138. The molecular weight excluding hydrogens is 401 g/mol. The number of alkyl halides is 3. The Morgan fingerprint density at radius 2 is 1.76 bits per heavy atom. The second kappa shape index (κ2) is 8.15. The highest BCUT2D eigenvalue weighted by Gasteiger charge is 2.38. The number of carbonyl (C=O) groups is 2. The average molecular weight is 415 g/mol. The maximum absolute atomic E-state index is 12.3. The zero-order valence-corrected chi connectivity index (χ0v) is 14.4. The van der Waals surface area contributed by atoms with Gasteiger partial charge in [0.05, 0.1) is 6.42 Å². The van der Waals surface area contributed by atoms with Crippen LogP contribution < -0.4 is 10.6 Å². The first-order chi connectivity index (χ1) is 11.8. The molecule has 0 aliphatic carbocycles. The summed E-state index contributed by atoms with van der Waals surface area (Å²) in [6, 6.07) is 13.2. The van der Waals surface area contributed by atoms with Gasteiger partial charge < -0.3 is 10.6 Å². The lowest BCUT2D eigenvalue weighted by Crippen LogP contribution is -2.30. The molecule has 0 radical (unpaired) electrons. The van der Waals surface area contributed by atoms with Crippen LogP contribution in [0.4, 0.5) is 18.9 Å². The molecule has 2 N–H and O–H groups in total. The van der Waals surface area contributed by atoms with Gasteiger partial charge in [-0.25, -0.2) is 0 Å². The van der Waals surface area contributed by atoms with Crippen molar-refractivity contribution in [2.24, 2.45) is 0 Å². The SMILES string of the molecule is O=C(Cc1ccccc1Br)NCc1cccc(NC(=O)C(F)(F)F)c1. The van der Waals surface area contributed by atoms with E-state index in [1.165, 1.54) is 18.2 Å². The molecule has 8 heteroatoms. The van der Waals surface area contributed by atoms with Crippen LogP contribution >= 0.6 is 15.9 Å². The van der Waals surface area contributed by atoms with E-state index in [2.05, 4.69) is 21.2 Å². The van der Waals surface area contributed by atoms with Gasteiger partial charge in [-0.3, -0.25) is 9.59 Å². The lowest BCUT2D eigenvalue weighted by Gasteiger charge is -2.10. The number of carbonyl (C=O) groups excluding carboxylic acids is 2. The molecule has 0 unspecified atom stereocenters. The largest absolute Gasteiger partial charge is 0.471 e. The van der Waals surface area contributed by atoms with E-state index < -0.39 is 12.1 Å². The Bertz CT molecular complexity index is 778. The monoisotopic (exact) mass is 414 g/mol. The van der Waals surface area contributed by atoms with Gasteiger partial charge in [-0.2, -0.15) is 13.2 Å². The lowest BCUT2D eigenvalue weighted by atomic mass is 10.1. The topological polar surface area (TPSA) is 58.2 Å². The van der Waals surface area contributed by atoms with Crippen molar-refractivity contribution in [1.82, 2.24) is 5.32 Å². The third-order valence-corrected chi connectivity index (χ3v) is 4.01. The molecule has 0 aromatic heterocycles. The predicted octanol–water partition coefficient (Wildman–Crippen LogP) is 3.81. The van der Waals surface area contributed by atoms with Crippen molar-refractivity contribution in [2.45, 2.75) is 19.1 Å². The van der Waals surface area contributed by atoms with E-state index in [1.807, 2.05) is 24.3 Å². The highest BCUT2D eigenvalue weighted by Crippen LogP contribution is 2.19. The molecule has 2 amide bonds. The molecule has 2 aromatic carbocycles. The second-order valence-electron chi connectivity index (χ2n) is 5.20. The fourth-order valence-electron chi connectivity index (χ4n) is 2.04. The molecule has 0 saturated carbocycles. The number of hydrogen-bond acceptors (Lipinski definition) is 2. The normalized spacial score (nSPS) is 11.0. The van der Waals surface area contributed by atoms with Gasteiger partial charge in [0.25, 0.3) is 0 Å². The van der Waals surface area contributed by atoms with Crippen LogP contribution in [0.15, 0.2) is 53.0 Å². The smallest absolute Gasteiger partial charge is 0.352 e. The van der Waals surface area contributed by atoms with Crippen LogP contribution in [0.2, 0.25) is 0 Å². The second-order valence-corrected chi connectivity index (χ2v) is 6.05. The van der Waals surface area contributed by atoms with E-state index in [1.54, 1.807) is 11.4 Å². The summed E-state index contributed by atoms with van der Waals surface area (Å²) in [5.41, 5.74) is 1.41. The molecule has 0 fully saturated rings. The molecule has 132 valence electrons. The van der Waals surface area contributed by atoms with Crippen molar-refractivity contribution in [1.29, 1.82) is 0 Å². The molecule has 0 aliphatic heterocycles. The van der Waals surface area contributed by atoms with Gasteiger partial charge in [-0.1, -0.05) is 46.3 Å². The quantitative estimate of drug-likeness (QED) is 0.781. The molecule has 4 nitrogen and oxygen atoms in total. The minimum Gasteiger partial charge on any atom is -0.352 e. The summed E-state index contributed by atoms with van der Waals surface area (Å²) in [4.78, 5) is 22.9. The zero-order valence-electron chi connectivity index (χ0n) is 12.9. The van der Waals surface area contributed by atoms with Crippen molar-refractivity contribution >= 4 is 33.4 Å². The van der Waals surface area contributed by atoms with Crippen LogP contribution in [0, 0.1) is 0 Å². The molecule has 0 saturated heterocycles. The summed E-state index contributed by atoms with van der Waals surface area (Å²) in [5, 5.41) is 4.47.